The van der Waals surface area contributed by atoms with Gasteiger partial charge in [-0.3, -0.25) is 4.79 Å². The average Bonchev–Trinajstić information content (AvgIpc) is 2.54. The lowest BCUT2D eigenvalue weighted by molar-refractivity contribution is -0.123. The Bertz CT molecular complexity index is 470. The molecule has 1 fully saturated rings. The fraction of sp³-hybridized carbons (Fsp3) is 0.562. The predicted octanol–water partition coefficient (Wildman–Crippen LogP) is 0.632. The number of carbonyl (C=O) groups excluding carboxylic acids is 1. The Morgan fingerprint density at radius 2 is 1.91 bits per heavy atom. The van der Waals surface area contributed by atoms with Crippen LogP contribution in [0.5, 0.6) is 11.5 Å². The van der Waals surface area contributed by atoms with Gasteiger partial charge in [-0.2, -0.15) is 0 Å². The Morgan fingerprint density at radius 1 is 1.32 bits per heavy atom. The Balaban J connectivity index is 1.69. The zero-order chi connectivity index (χ0) is 15.9. The molecule has 0 bridgehead atoms. The van der Waals surface area contributed by atoms with Crippen molar-refractivity contribution in [3.63, 3.8) is 0 Å². The van der Waals surface area contributed by atoms with Crippen LogP contribution >= 0.6 is 0 Å². The summed E-state index contributed by atoms with van der Waals surface area (Å²) < 4.78 is 10.6. The minimum Gasteiger partial charge on any atom is -0.497 e. The van der Waals surface area contributed by atoms with Gasteiger partial charge in [0.05, 0.1) is 7.11 Å². The highest BCUT2D eigenvalue weighted by Crippen LogP contribution is 2.18. The minimum absolute atomic E-state index is 0.0241. The fourth-order valence-electron chi connectivity index (χ4n) is 2.62. The number of nitrogens with two attached hydrogens (primary N) is 1. The molecular formula is C16H24N2O4. The van der Waals surface area contributed by atoms with Crippen LogP contribution in [0.1, 0.15) is 12.8 Å². The Labute approximate surface area is 130 Å². The van der Waals surface area contributed by atoms with Crippen molar-refractivity contribution >= 4 is 5.91 Å². The molecule has 22 heavy (non-hydrogen) atoms. The van der Waals surface area contributed by atoms with E-state index < -0.39 is 6.10 Å². The first-order valence-corrected chi connectivity index (χ1v) is 7.55. The van der Waals surface area contributed by atoms with Gasteiger partial charge in [0.2, 0.25) is 5.91 Å². The van der Waals surface area contributed by atoms with Gasteiger partial charge in [-0.1, -0.05) is 0 Å². The largest absolute Gasteiger partial charge is 0.497 e. The smallest absolute Gasteiger partial charge is 0.220 e. The van der Waals surface area contributed by atoms with E-state index in [4.69, 9.17) is 15.2 Å². The summed E-state index contributed by atoms with van der Waals surface area (Å²) in [7, 11) is 1.61. The van der Waals surface area contributed by atoms with Crippen LogP contribution in [0.3, 0.4) is 0 Å². The number of likely N-dealkylation sites (tertiary alicyclic amines) is 1. The number of piperidine rings is 1. The second-order valence-corrected chi connectivity index (χ2v) is 5.62. The van der Waals surface area contributed by atoms with Gasteiger partial charge in [0, 0.05) is 12.5 Å². The summed E-state index contributed by atoms with van der Waals surface area (Å²) in [5.41, 5.74) is 5.31. The zero-order valence-electron chi connectivity index (χ0n) is 12.9. The van der Waals surface area contributed by atoms with Crippen molar-refractivity contribution in [3.8, 4) is 11.5 Å². The maximum absolute atomic E-state index is 11.1. The average molecular weight is 308 g/mol. The van der Waals surface area contributed by atoms with Crippen LogP contribution in [-0.4, -0.2) is 55.4 Å². The highest BCUT2D eigenvalue weighted by atomic mass is 16.5. The van der Waals surface area contributed by atoms with Crippen LogP contribution in [-0.2, 0) is 4.79 Å². The Kier molecular flexibility index (Phi) is 6.03. The van der Waals surface area contributed by atoms with Gasteiger partial charge in [0.1, 0.15) is 24.2 Å². The lowest BCUT2D eigenvalue weighted by Gasteiger charge is -2.31. The number of hydrogen-bond donors (Lipinski definition) is 2. The van der Waals surface area contributed by atoms with Crippen LogP contribution in [0.25, 0.3) is 0 Å². The van der Waals surface area contributed by atoms with Gasteiger partial charge in [0.25, 0.3) is 0 Å². The minimum atomic E-state index is -0.563. The summed E-state index contributed by atoms with van der Waals surface area (Å²) >= 11 is 0. The molecule has 122 valence electrons. The van der Waals surface area contributed by atoms with E-state index in [1.165, 1.54) is 0 Å². The molecule has 1 aromatic carbocycles. The van der Waals surface area contributed by atoms with Crippen molar-refractivity contribution in [3.05, 3.63) is 24.3 Å². The molecule has 6 nitrogen and oxygen atoms in total. The van der Waals surface area contributed by atoms with Crippen molar-refractivity contribution < 1.29 is 19.4 Å². The normalized spacial score (nSPS) is 17.9. The SMILES string of the molecule is COc1ccc(OC[C@H](O)CN2CCC(C(N)=O)CC2)cc1. The Hall–Kier alpha value is -1.79. The topological polar surface area (TPSA) is 85.0 Å². The molecule has 0 aliphatic carbocycles. The zero-order valence-corrected chi connectivity index (χ0v) is 12.9. The van der Waals surface area contributed by atoms with Crippen molar-refractivity contribution in [2.45, 2.75) is 18.9 Å². The van der Waals surface area contributed by atoms with Gasteiger partial charge in [-0.15, -0.1) is 0 Å². The second kappa shape index (κ2) is 8.00. The number of hydrogen-bond acceptors (Lipinski definition) is 5. The van der Waals surface area contributed by atoms with E-state index in [1.54, 1.807) is 7.11 Å². The van der Waals surface area contributed by atoms with Gasteiger partial charge >= 0.3 is 0 Å². The summed E-state index contributed by atoms with van der Waals surface area (Å²) in [6.07, 6.45) is 0.968. The van der Waals surface area contributed by atoms with E-state index in [0.717, 1.165) is 31.7 Å². The number of benzene rings is 1. The molecule has 1 atom stereocenters. The molecule has 0 aromatic heterocycles. The number of nitrogens with zero attached hydrogens (tertiary/aromatic N) is 1. The van der Waals surface area contributed by atoms with E-state index in [2.05, 4.69) is 4.90 Å². The third kappa shape index (κ3) is 4.89. The summed E-state index contributed by atoms with van der Waals surface area (Å²) in [5, 5.41) is 10.1. The molecule has 0 spiro atoms. The second-order valence-electron chi connectivity index (χ2n) is 5.62. The van der Waals surface area contributed by atoms with Crippen molar-refractivity contribution in [2.24, 2.45) is 11.7 Å². The molecular weight excluding hydrogens is 284 g/mol. The first-order chi connectivity index (χ1) is 10.6. The molecule has 3 N–H and O–H groups in total. The monoisotopic (exact) mass is 308 g/mol. The third-order valence-corrected chi connectivity index (χ3v) is 3.96. The lowest BCUT2D eigenvalue weighted by atomic mass is 9.96. The first-order valence-electron chi connectivity index (χ1n) is 7.55. The van der Waals surface area contributed by atoms with E-state index >= 15 is 0 Å². The number of aliphatic hydroxyl groups is 1. The van der Waals surface area contributed by atoms with Crippen molar-refractivity contribution in [1.29, 1.82) is 0 Å². The molecule has 1 aliphatic rings. The van der Waals surface area contributed by atoms with Crippen LogP contribution in [0.4, 0.5) is 0 Å². The number of β-amino-alcohol motifs (C(OH)–C–C–N with tert-alkyl or cyclic N) is 1. The van der Waals surface area contributed by atoms with Crippen LogP contribution in [0.15, 0.2) is 24.3 Å². The number of primary amides is 1. The Morgan fingerprint density at radius 3 is 2.45 bits per heavy atom. The number of carbonyl (C=O) groups is 1. The molecule has 1 aromatic rings. The van der Waals surface area contributed by atoms with Crippen molar-refractivity contribution in [2.75, 3.05) is 33.4 Å². The quantitative estimate of drug-likeness (QED) is 0.772. The maximum Gasteiger partial charge on any atom is 0.220 e. The van der Waals surface area contributed by atoms with Crippen molar-refractivity contribution in [1.82, 2.24) is 4.90 Å². The number of amides is 1. The number of ether oxygens (including phenoxy) is 2. The van der Waals surface area contributed by atoms with Gasteiger partial charge in [0.15, 0.2) is 0 Å². The lowest BCUT2D eigenvalue weighted by Crippen LogP contribution is -2.43. The van der Waals surface area contributed by atoms with Crippen LogP contribution in [0, 0.1) is 5.92 Å². The van der Waals surface area contributed by atoms with E-state index in [-0.39, 0.29) is 18.4 Å². The number of rotatable bonds is 7. The fourth-order valence-corrected chi connectivity index (χ4v) is 2.62. The molecule has 0 radical (unpaired) electrons. The molecule has 1 heterocycles. The molecule has 1 aliphatic heterocycles. The highest BCUT2D eigenvalue weighted by Gasteiger charge is 2.24. The summed E-state index contributed by atoms with van der Waals surface area (Å²) in [6.45, 7) is 2.35. The molecule has 2 rings (SSSR count). The number of methoxy groups -OCH3 is 1. The first kappa shape index (κ1) is 16.6. The summed E-state index contributed by atoms with van der Waals surface area (Å²) in [5.74, 6) is 1.23. The molecule has 1 saturated heterocycles. The molecule has 0 saturated carbocycles. The van der Waals surface area contributed by atoms with E-state index in [1.807, 2.05) is 24.3 Å². The number of aliphatic hydroxyl groups excluding tert-OH is 1. The third-order valence-electron chi connectivity index (χ3n) is 3.96. The molecule has 6 heteroatoms. The summed E-state index contributed by atoms with van der Waals surface area (Å²) in [4.78, 5) is 13.3. The van der Waals surface area contributed by atoms with Crippen LogP contribution in [0.2, 0.25) is 0 Å². The molecule has 0 unspecified atom stereocenters. The van der Waals surface area contributed by atoms with Gasteiger partial charge < -0.3 is 25.2 Å². The van der Waals surface area contributed by atoms with Gasteiger partial charge in [-0.05, 0) is 50.2 Å². The maximum atomic E-state index is 11.1. The summed E-state index contributed by atoms with van der Waals surface area (Å²) in [6, 6.07) is 7.25. The predicted molar refractivity (Wildman–Crippen MR) is 82.9 cm³/mol. The highest BCUT2D eigenvalue weighted by molar-refractivity contribution is 5.76. The van der Waals surface area contributed by atoms with E-state index in [0.29, 0.717) is 12.3 Å². The van der Waals surface area contributed by atoms with E-state index in [9.17, 15) is 9.90 Å². The van der Waals surface area contributed by atoms with Crippen LogP contribution < -0.4 is 15.2 Å². The molecule has 1 amide bonds. The standard InChI is InChI=1S/C16H24N2O4/c1-21-14-2-4-15(5-3-14)22-11-13(19)10-18-8-6-12(7-9-18)16(17)20/h2-5,12-13,19H,6-11H2,1H3,(H2,17,20)/t13-/m1/s1. The van der Waals surface area contributed by atoms with Gasteiger partial charge in [-0.25, -0.2) is 0 Å².